The molecule has 0 saturated carbocycles. The van der Waals surface area contributed by atoms with Gasteiger partial charge < -0.3 is 20.1 Å². The molecular weight excluding hydrogens is 244 g/mol. The second-order valence-electron chi connectivity index (χ2n) is 4.37. The zero-order chi connectivity index (χ0) is 14.6. The lowest BCUT2D eigenvalue weighted by molar-refractivity contribution is -0.118. The lowest BCUT2D eigenvalue weighted by atomic mass is 10.1. The first-order chi connectivity index (χ1) is 8.97. The molecule has 106 valence electrons. The van der Waals surface area contributed by atoms with Crippen LogP contribution in [0.3, 0.4) is 0 Å². The van der Waals surface area contributed by atoms with E-state index >= 15 is 0 Å². The fourth-order valence-electron chi connectivity index (χ4n) is 1.99. The highest BCUT2D eigenvalue weighted by Crippen LogP contribution is 2.38. The highest BCUT2D eigenvalue weighted by Gasteiger charge is 2.20. The number of carbonyl (C=O) groups excluding carboxylic acids is 1. The van der Waals surface area contributed by atoms with E-state index in [9.17, 15) is 4.79 Å². The van der Waals surface area contributed by atoms with Gasteiger partial charge in [0.05, 0.1) is 19.9 Å². The predicted molar refractivity (Wildman–Crippen MR) is 76.1 cm³/mol. The van der Waals surface area contributed by atoms with Crippen LogP contribution in [0, 0.1) is 13.8 Å². The molecule has 0 radical (unpaired) electrons. The summed E-state index contributed by atoms with van der Waals surface area (Å²) in [4.78, 5) is 13.5. The summed E-state index contributed by atoms with van der Waals surface area (Å²) < 4.78 is 10.8. The van der Waals surface area contributed by atoms with E-state index in [0.717, 1.165) is 16.9 Å². The first-order valence-electron chi connectivity index (χ1n) is 6.16. The van der Waals surface area contributed by atoms with Crippen molar-refractivity contribution in [1.29, 1.82) is 0 Å². The molecule has 5 nitrogen and oxygen atoms in total. The normalized spacial score (nSPS) is 10.2. The molecule has 0 spiro atoms. The van der Waals surface area contributed by atoms with Gasteiger partial charge in [-0.05, 0) is 25.0 Å². The number of nitrogens with two attached hydrogens (primary N) is 1. The zero-order valence-electron chi connectivity index (χ0n) is 12.2. The van der Waals surface area contributed by atoms with Crippen LogP contribution in [-0.4, -0.2) is 33.7 Å². The van der Waals surface area contributed by atoms with E-state index in [1.165, 1.54) is 0 Å². The topological polar surface area (TPSA) is 64.8 Å². The fraction of sp³-hybridized carbons (Fsp3) is 0.500. The summed E-state index contributed by atoms with van der Waals surface area (Å²) in [6, 6.07) is 1.82. The Hall–Kier alpha value is -1.75. The lowest BCUT2D eigenvalue weighted by Gasteiger charge is -2.23. The fourth-order valence-corrected chi connectivity index (χ4v) is 1.99. The van der Waals surface area contributed by atoms with Crippen LogP contribution < -0.4 is 20.1 Å². The van der Waals surface area contributed by atoms with E-state index in [0.29, 0.717) is 24.4 Å². The Morgan fingerprint density at radius 1 is 1.26 bits per heavy atom. The molecule has 1 rings (SSSR count). The highest BCUT2D eigenvalue weighted by atomic mass is 16.5. The Morgan fingerprint density at radius 3 is 2.37 bits per heavy atom. The van der Waals surface area contributed by atoms with Crippen LogP contribution in [-0.2, 0) is 4.79 Å². The van der Waals surface area contributed by atoms with Gasteiger partial charge in [0.15, 0.2) is 0 Å². The maximum absolute atomic E-state index is 12.0. The number of methoxy groups -OCH3 is 2. The van der Waals surface area contributed by atoms with Crippen LogP contribution in [0.15, 0.2) is 6.07 Å². The number of hydrogen-bond donors (Lipinski definition) is 1. The molecule has 0 heterocycles. The van der Waals surface area contributed by atoms with E-state index in [1.807, 2.05) is 19.9 Å². The van der Waals surface area contributed by atoms with Gasteiger partial charge in [-0.2, -0.15) is 0 Å². The second-order valence-corrected chi connectivity index (χ2v) is 4.37. The summed E-state index contributed by atoms with van der Waals surface area (Å²) in [7, 11) is 4.92. The number of ether oxygens (including phenoxy) is 2. The van der Waals surface area contributed by atoms with Crippen LogP contribution in [0.2, 0.25) is 0 Å². The molecule has 19 heavy (non-hydrogen) atoms. The van der Waals surface area contributed by atoms with E-state index in [4.69, 9.17) is 15.2 Å². The zero-order valence-corrected chi connectivity index (χ0v) is 12.2. The van der Waals surface area contributed by atoms with Crippen molar-refractivity contribution in [1.82, 2.24) is 0 Å². The van der Waals surface area contributed by atoms with Crippen LogP contribution in [0.25, 0.3) is 0 Å². The predicted octanol–water partition coefficient (Wildman–Crippen LogP) is 1.63. The van der Waals surface area contributed by atoms with Gasteiger partial charge in [0.25, 0.3) is 0 Å². The third kappa shape index (κ3) is 2.98. The van der Waals surface area contributed by atoms with Gasteiger partial charge in [0, 0.05) is 26.1 Å². The highest BCUT2D eigenvalue weighted by molar-refractivity contribution is 5.95. The molecule has 0 fully saturated rings. The van der Waals surface area contributed by atoms with Crippen molar-refractivity contribution in [3.05, 3.63) is 17.2 Å². The molecule has 0 atom stereocenters. The molecule has 1 aromatic carbocycles. The third-order valence-corrected chi connectivity index (χ3v) is 3.29. The van der Waals surface area contributed by atoms with E-state index in [2.05, 4.69) is 0 Å². The van der Waals surface area contributed by atoms with Crippen molar-refractivity contribution in [2.75, 3.05) is 32.7 Å². The molecule has 1 amide bonds. The minimum absolute atomic E-state index is 0.0499. The number of nitrogens with zero attached hydrogens (tertiary/aromatic N) is 1. The Bertz CT molecular complexity index is 472. The minimum Gasteiger partial charge on any atom is -0.496 e. The molecule has 1 aromatic rings. The van der Waals surface area contributed by atoms with Gasteiger partial charge in [0.1, 0.15) is 11.5 Å². The summed E-state index contributed by atoms with van der Waals surface area (Å²) in [5, 5.41) is 0. The maximum Gasteiger partial charge on any atom is 0.228 e. The van der Waals surface area contributed by atoms with Crippen molar-refractivity contribution < 1.29 is 14.3 Å². The quantitative estimate of drug-likeness (QED) is 0.879. The Morgan fingerprint density at radius 2 is 1.89 bits per heavy atom. The number of rotatable bonds is 5. The number of anilines is 1. The lowest BCUT2D eigenvalue weighted by Crippen LogP contribution is -2.28. The Kier molecular flexibility index (Phi) is 5.18. The van der Waals surface area contributed by atoms with E-state index < -0.39 is 0 Å². The minimum atomic E-state index is -0.0499. The van der Waals surface area contributed by atoms with E-state index in [1.54, 1.807) is 26.2 Å². The van der Waals surface area contributed by atoms with Gasteiger partial charge >= 0.3 is 0 Å². The first kappa shape index (κ1) is 15.3. The maximum atomic E-state index is 12.0. The smallest absolute Gasteiger partial charge is 0.228 e. The molecule has 0 aliphatic heterocycles. The summed E-state index contributed by atoms with van der Waals surface area (Å²) in [6.07, 6.45) is 0.300. The first-order valence-corrected chi connectivity index (χ1v) is 6.16. The Labute approximate surface area is 114 Å². The molecular formula is C14H22N2O3. The summed E-state index contributed by atoms with van der Waals surface area (Å²) in [5.74, 6) is 1.37. The summed E-state index contributed by atoms with van der Waals surface area (Å²) >= 11 is 0. The van der Waals surface area contributed by atoms with Gasteiger partial charge in [-0.25, -0.2) is 0 Å². The molecule has 0 saturated heterocycles. The molecule has 5 heteroatoms. The van der Waals surface area contributed by atoms with Crippen LogP contribution in [0.1, 0.15) is 17.5 Å². The van der Waals surface area contributed by atoms with Crippen molar-refractivity contribution in [3.8, 4) is 11.5 Å². The number of amides is 1. The third-order valence-electron chi connectivity index (χ3n) is 3.29. The molecule has 0 bridgehead atoms. The monoisotopic (exact) mass is 266 g/mol. The molecule has 0 aliphatic rings. The molecule has 0 unspecified atom stereocenters. The average molecular weight is 266 g/mol. The second kappa shape index (κ2) is 6.43. The van der Waals surface area contributed by atoms with Crippen molar-refractivity contribution in [2.45, 2.75) is 20.3 Å². The van der Waals surface area contributed by atoms with Crippen molar-refractivity contribution in [2.24, 2.45) is 5.73 Å². The van der Waals surface area contributed by atoms with Crippen molar-refractivity contribution in [3.63, 3.8) is 0 Å². The van der Waals surface area contributed by atoms with Crippen LogP contribution in [0.5, 0.6) is 11.5 Å². The SMILES string of the molecule is COc1cc(N(C)C(=O)CCN)c(OC)c(C)c1C. The molecule has 0 aromatic heterocycles. The summed E-state index contributed by atoms with van der Waals surface area (Å²) in [5.41, 5.74) is 8.08. The Balaban J connectivity index is 3.33. The van der Waals surface area contributed by atoms with Gasteiger partial charge in [0.2, 0.25) is 5.91 Å². The van der Waals surface area contributed by atoms with Gasteiger partial charge in [-0.1, -0.05) is 0 Å². The standard InChI is InChI=1S/C14H22N2O3/c1-9-10(2)14(19-5)11(8-12(9)18-4)16(3)13(17)6-7-15/h8H,6-7,15H2,1-5H3. The summed E-state index contributed by atoms with van der Waals surface area (Å²) in [6.45, 7) is 4.23. The van der Waals surface area contributed by atoms with Crippen LogP contribution in [0.4, 0.5) is 5.69 Å². The number of benzene rings is 1. The molecule has 0 aliphatic carbocycles. The van der Waals surface area contributed by atoms with Gasteiger partial charge in [-0.3, -0.25) is 4.79 Å². The van der Waals surface area contributed by atoms with Crippen LogP contribution >= 0.6 is 0 Å². The number of carbonyl (C=O) groups is 1. The largest absolute Gasteiger partial charge is 0.496 e. The van der Waals surface area contributed by atoms with Gasteiger partial charge in [-0.15, -0.1) is 0 Å². The average Bonchev–Trinajstić information content (AvgIpc) is 2.41. The van der Waals surface area contributed by atoms with E-state index in [-0.39, 0.29) is 5.91 Å². The van der Waals surface area contributed by atoms with Crippen molar-refractivity contribution >= 4 is 11.6 Å². The number of hydrogen-bond acceptors (Lipinski definition) is 4. The molecule has 2 N–H and O–H groups in total.